The summed E-state index contributed by atoms with van der Waals surface area (Å²) in [6.45, 7) is 1.04. The van der Waals surface area contributed by atoms with Crippen molar-refractivity contribution in [2.45, 2.75) is 44.7 Å². The van der Waals surface area contributed by atoms with Crippen LogP contribution in [0, 0.1) is 11.7 Å². The molecular weight excluding hydrogens is 267 g/mol. The molecule has 1 saturated heterocycles. The lowest BCUT2D eigenvalue weighted by Crippen LogP contribution is -2.33. The molecule has 0 bridgehead atoms. The van der Waals surface area contributed by atoms with Crippen LogP contribution in [0.3, 0.4) is 0 Å². The highest BCUT2D eigenvalue weighted by molar-refractivity contribution is 5.80. The minimum absolute atomic E-state index is 0.0825. The smallest absolute Gasteiger partial charge is 0.238 e. The number of carbonyl (C=O) groups excluding carboxylic acids is 1. The third kappa shape index (κ3) is 3.26. The van der Waals surface area contributed by atoms with Gasteiger partial charge in [-0.15, -0.1) is 0 Å². The predicted octanol–water partition coefficient (Wildman–Crippen LogP) is 3.23. The van der Waals surface area contributed by atoms with Crippen molar-refractivity contribution in [3.05, 3.63) is 35.6 Å². The molecule has 0 radical (unpaired) electrons. The molecule has 1 heterocycles. The summed E-state index contributed by atoms with van der Waals surface area (Å²) in [6, 6.07) is 6.72. The molecule has 1 aliphatic heterocycles. The van der Waals surface area contributed by atoms with Gasteiger partial charge in [0.2, 0.25) is 5.91 Å². The molecule has 1 aliphatic carbocycles. The van der Waals surface area contributed by atoms with Crippen LogP contribution in [0.15, 0.2) is 24.3 Å². The molecule has 3 rings (SSSR count). The number of halogens is 1. The van der Waals surface area contributed by atoms with E-state index in [1.54, 1.807) is 12.1 Å². The van der Waals surface area contributed by atoms with Crippen molar-refractivity contribution in [2.75, 3.05) is 13.1 Å². The quantitative estimate of drug-likeness (QED) is 0.923. The average Bonchev–Trinajstić information content (AvgIpc) is 2.88. The first kappa shape index (κ1) is 14.5. The van der Waals surface area contributed by atoms with Crippen molar-refractivity contribution < 1.29 is 9.18 Å². The number of nitrogens with one attached hydrogen (secondary N) is 1. The van der Waals surface area contributed by atoms with Gasteiger partial charge in [-0.1, -0.05) is 50.3 Å². The summed E-state index contributed by atoms with van der Waals surface area (Å²) in [5.41, 5.74) is 0.576. The molecule has 1 saturated carbocycles. The molecule has 4 heteroatoms. The van der Waals surface area contributed by atoms with Crippen molar-refractivity contribution in [1.82, 2.24) is 10.2 Å². The van der Waals surface area contributed by atoms with E-state index in [2.05, 4.69) is 5.32 Å². The van der Waals surface area contributed by atoms with Gasteiger partial charge in [-0.25, -0.2) is 4.39 Å². The van der Waals surface area contributed by atoms with Gasteiger partial charge in [0.25, 0.3) is 0 Å². The van der Waals surface area contributed by atoms with E-state index in [0.717, 1.165) is 18.9 Å². The average molecular weight is 290 g/mol. The minimum Gasteiger partial charge on any atom is -0.322 e. The first-order valence-corrected chi connectivity index (χ1v) is 8.03. The van der Waals surface area contributed by atoms with Crippen LogP contribution in [0.2, 0.25) is 0 Å². The second kappa shape index (κ2) is 6.56. The Morgan fingerprint density at radius 3 is 2.71 bits per heavy atom. The molecule has 1 atom stereocenters. The number of nitrogens with zero attached hydrogens (tertiary/aromatic N) is 1. The Labute approximate surface area is 125 Å². The van der Waals surface area contributed by atoms with Crippen LogP contribution < -0.4 is 5.32 Å². The highest BCUT2D eigenvalue weighted by atomic mass is 19.1. The molecule has 1 N–H and O–H groups in total. The van der Waals surface area contributed by atoms with E-state index in [1.165, 1.54) is 38.2 Å². The van der Waals surface area contributed by atoms with Gasteiger partial charge in [0.1, 0.15) is 12.0 Å². The van der Waals surface area contributed by atoms with Gasteiger partial charge in [0.15, 0.2) is 0 Å². The summed E-state index contributed by atoms with van der Waals surface area (Å²) in [5, 5.41) is 3.14. The Morgan fingerprint density at radius 2 is 1.95 bits per heavy atom. The molecule has 0 aromatic heterocycles. The monoisotopic (exact) mass is 290 g/mol. The molecule has 21 heavy (non-hydrogen) atoms. The van der Waals surface area contributed by atoms with Gasteiger partial charge in [-0.05, 0) is 18.4 Å². The first-order chi connectivity index (χ1) is 10.3. The highest BCUT2D eigenvalue weighted by Gasteiger charge is 2.33. The van der Waals surface area contributed by atoms with Crippen LogP contribution in [0.5, 0.6) is 0 Å². The fraction of sp³-hybridized carbons (Fsp3) is 0.588. The van der Waals surface area contributed by atoms with E-state index >= 15 is 0 Å². The first-order valence-electron chi connectivity index (χ1n) is 8.03. The van der Waals surface area contributed by atoms with Crippen molar-refractivity contribution in [1.29, 1.82) is 0 Å². The van der Waals surface area contributed by atoms with Gasteiger partial charge in [0.05, 0.1) is 6.54 Å². The van der Waals surface area contributed by atoms with Crippen molar-refractivity contribution in [3.63, 3.8) is 0 Å². The van der Waals surface area contributed by atoms with E-state index in [0.29, 0.717) is 12.1 Å². The normalized spacial score (nSPS) is 23.8. The topological polar surface area (TPSA) is 32.3 Å². The number of carbonyl (C=O) groups is 1. The van der Waals surface area contributed by atoms with Crippen LogP contribution in [-0.4, -0.2) is 23.9 Å². The number of hydrogen-bond acceptors (Lipinski definition) is 2. The molecule has 0 spiro atoms. The zero-order valence-electron chi connectivity index (χ0n) is 12.4. The van der Waals surface area contributed by atoms with Crippen molar-refractivity contribution in [3.8, 4) is 0 Å². The Balaban J connectivity index is 1.66. The van der Waals surface area contributed by atoms with Crippen LogP contribution in [0.25, 0.3) is 0 Å². The van der Waals surface area contributed by atoms with Gasteiger partial charge in [-0.3, -0.25) is 10.1 Å². The van der Waals surface area contributed by atoms with Gasteiger partial charge in [-0.2, -0.15) is 0 Å². The second-order valence-corrected chi connectivity index (χ2v) is 6.18. The number of rotatable bonds is 4. The zero-order chi connectivity index (χ0) is 14.7. The lowest BCUT2D eigenvalue weighted by Gasteiger charge is -2.28. The Morgan fingerprint density at radius 1 is 1.19 bits per heavy atom. The van der Waals surface area contributed by atoms with Gasteiger partial charge >= 0.3 is 0 Å². The summed E-state index contributed by atoms with van der Waals surface area (Å²) in [5.74, 6) is 0.569. The van der Waals surface area contributed by atoms with E-state index < -0.39 is 0 Å². The van der Waals surface area contributed by atoms with Gasteiger partial charge < -0.3 is 4.90 Å². The lowest BCUT2D eigenvalue weighted by atomic mass is 9.87. The maximum absolute atomic E-state index is 14.0. The Hall–Kier alpha value is -1.42. The van der Waals surface area contributed by atoms with Crippen LogP contribution in [-0.2, 0) is 4.79 Å². The standard InChI is InChI=1S/C17H23FN2O/c18-15-9-5-4-8-14(15)17-19-12-16(21)20(17)11-10-13-6-2-1-3-7-13/h4-5,8-9,13,17,19H,1-3,6-7,10-12H2. The van der Waals surface area contributed by atoms with Crippen LogP contribution >= 0.6 is 0 Å². The SMILES string of the molecule is O=C1CNC(c2ccccc2F)N1CCC1CCCCC1. The number of benzene rings is 1. The Kier molecular flexibility index (Phi) is 4.54. The van der Waals surface area contributed by atoms with Crippen LogP contribution in [0.1, 0.15) is 50.3 Å². The number of hydrogen-bond donors (Lipinski definition) is 1. The van der Waals surface area contributed by atoms with E-state index in [-0.39, 0.29) is 17.9 Å². The summed E-state index contributed by atoms with van der Waals surface area (Å²) in [6.07, 6.45) is 7.26. The Bertz CT molecular complexity index is 499. The van der Waals surface area contributed by atoms with Crippen molar-refractivity contribution >= 4 is 5.91 Å². The molecular formula is C17H23FN2O. The number of amides is 1. The van der Waals surface area contributed by atoms with Crippen LogP contribution in [0.4, 0.5) is 4.39 Å². The molecule has 2 aliphatic rings. The summed E-state index contributed by atoms with van der Waals surface area (Å²) in [7, 11) is 0. The molecule has 1 unspecified atom stereocenters. The predicted molar refractivity (Wildman–Crippen MR) is 80.0 cm³/mol. The maximum Gasteiger partial charge on any atom is 0.238 e. The summed E-state index contributed by atoms with van der Waals surface area (Å²) < 4.78 is 14.0. The molecule has 1 amide bonds. The fourth-order valence-electron chi connectivity index (χ4n) is 3.57. The van der Waals surface area contributed by atoms with Gasteiger partial charge in [0, 0.05) is 12.1 Å². The highest BCUT2D eigenvalue weighted by Crippen LogP contribution is 2.29. The molecule has 1 aromatic rings. The van der Waals surface area contributed by atoms with E-state index in [1.807, 2.05) is 11.0 Å². The third-order valence-corrected chi connectivity index (χ3v) is 4.78. The van der Waals surface area contributed by atoms with Crippen molar-refractivity contribution in [2.24, 2.45) is 5.92 Å². The molecule has 3 nitrogen and oxygen atoms in total. The lowest BCUT2D eigenvalue weighted by molar-refractivity contribution is -0.128. The van der Waals surface area contributed by atoms with E-state index in [4.69, 9.17) is 0 Å². The zero-order valence-corrected chi connectivity index (χ0v) is 12.4. The summed E-state index contributed by atoms with van der Waals surface area (Å²) in [4.78, 5) is 13.9. The maximum atomic E-state index is 14.0. The third-order valence-electron chi connectivity index (χ3n) is 4.78. The summed E-state index contributed by atoms with van der Waals surface area (Å²) >= 11 is 0. The minimum atomic E-state index is -0.303. The fourth-order valence-corrected chi connectivity index (χ4v) is 3.57. The molecule has 2 fully saturated rings. The van der Waals surface area contributed by atoms with E-state index in [9.17, 15) is 9.18 Å². The molecule has 1 aromatic carbocycles. The second-order valence-electron chi connectivity index (χ2n) is 6.18. The largest absolute Gasteiger partial charge is 0.322 e. The molecule has 114 valence electrons.